The first-order valence-electron chi connectivity index (χ1n) is 7.03. The van der Waals surface area contributed by atoms with Crippen LogP contribution in [0.25, 0.3) is 0 Å². The van der Waals surface area contributed by atoms with Crippen molar-refractivity contribution in [3.05, 3.63) is 5.92 Å². The van der Waals surface area contributed by atoms with Crippen LogP contribution in [0.3, 0.4) is 0 Å². The molecule has 4 saturated carbocycles. The van der Waals surface area contributed by atoms with Crippen molar-refractivity contribution in [2.75, 3.05) is 0 Å². The summed E-state index contributed by atoms with van der Waals surface area (Å²) in [6.07, 6.45) is 13.6. The largest absolute Gasteiger partial charge is 0.0654 e. The predicted molar refractivity (Wildman–Crippen MR) is 64.5 cm³/mol. The first kappa shape index (κ1) is 10.2. The zero-order valence-electron chi connectivity index (χ0n) is 10.4. The molecule has 15 heavy (non-hydrogen) atoms. The van der Waals surface area contributed by atoms with Gasteiger partial charge in [-0.3, -0.25) is 0 Å². The maximum Gasteiger partial charge on any atom is -0.0227 e. The van der Waals surface area contributed by atoms with Crippen LogP contribution in [0.5, 0.6) is 0 Å². The van der Waals surface area contributed by atoms with Gasteiger partial charge in [-0.1, -0.05) is 26.7 Å². The molecule has 4 bridgehead atoms. The first-order chi connectivity index (χ1) is 7.19. The van der Waals surface area contributed by atoms with Crippen molar-refractivity contribution in [2.45, 2.75) is 71.6 Å². The summed E-state index contributed by atoms with van der Waals surface area (Å²) in [5.74, 6) is 3.04. The zero-order valence-corrected chi connectivity index (χ0v) is 10.4. The van der Waals surface area contributed by atoms with E-state index < -0.39 is 0 Å². The minimum absolute atomic E-state index is 0.768. The van der Waals surface area contributed by atoms with Crippen molar-refractivity contribution in [2.24, 2.45) is 16.7 Å². The van der Waals surface area contributed by atoms with Crippen LogP contribution in [0.1, 0.15) is 71.6 Å². The van der Waals surface area contributed by atoms with Crippen molar-refractivity contribution in [1.82, 2.24) is 0 Å². The van der Waals surface area contributed by atoms with Gasteiger partial charge in [0.2, 0.25) is 0 Å². The average molecular weight is 205 g/mol. The minimum Gasteiger partial charge on any atom is -0.0654 e. The van der Waals surface area contributed by atoms with Gasteiger partial charge in [0.25, 0.3) is 0 Å². The van der Waals surface area contributed by atoms with Crippen molar-refractivity contribution in [1.29, 1.82) is 0 Å². The third-order valence-corrected chi connectivity index (χ3v) is 5.55. The van der Waals surface area contributed by atoms with Crippen LogP contribution >= 0.6 is 0 Å². The molecule has 0 nitrogen and oxygen atoms in total. The standard InChI is InChI=1S/C15H25/c1-3-5-15-9-12-6-13(10-15)8-14(4-2,7-12)11-15/h12H,3-11H2,1-2H3. The van der Waals surface area contributed by atoms with Crippen LogP contribution in [0, 0.1) is 22.7 Å². The van der Waals surface area contributed by atoms with Gasteiger partial charge in [-0.15, -0.1) is 0 Å². The molecule has 0 aromatic carbocycles. The van der Waals surface area contributed by atoms with Gasteiger partial charge in [-0.2, -0.15) is 0 Å². The predicted octanol–water partition coefficient (Wildman–Crippen LogP) is 4.74. The third kappa shape index (κ3) is 1.47. The second-order valence-corrected chi connectivity index (χ2v) is 6.86. The van der Waals surface area contributed by atoms with Crippen LogP contribution in [0.4, 0.5) is 0 Å². The molecule has 0 N–H and O–H groups in total. The summed E-state index contributed by atoms with van der Waals surface area (Å²) in [6, 6.07) is 0. The molecular weight excluding hydrogens is 180 g/mol. The van der Waals surface area contributed by atoms with Crippen LogP contribution < -0.4 is 0 Å². The Morgan fingerprint density at radius 1 is 1.13 bits per heavy atom. The van der Waals surface area contributed by atoms with Crippen molar-refractivity contribution >= 4 is 0 Å². The monoisotopic (exact) mass is 205 g/mol. The molecule has 0 aromatic rings. The minimum atomic E-state index is 0.768. The fraction of sp³-hybridized carbons (Fsp3) is 0.933. The van der Waals surface area contributed by atoms with E-state index in [0.717, 1.165) is 16.7 Å². The molecule has 4 aliphatic rings. The van der Waals surface area contributed by atoms with E-state index in [2.05, 4.69) is 13.8 Å². The number of hydrogen-bond donors (Lipinski definition) is 0. The summed E-state index contributed by atoms with van der Waals surface area (Å²) in [5, 5.41) is 0. The molecule has 3 unspecified atom stereocenters. The Kier molecular flexibility index (Phi) is 2.20. The molecule has 3 atom stereocenters. The van der Waals surface area contributed by atoms with Crippen molar-refractivity contribution in [3.8, 4) is 0 Å². The van der Waals surface area contributed by atoms with Crippen molar-refractivity contribution in [3.63, 3.8) is 0 Å². The van der Waals surface area contributed by atoms with Crippen LogP contribution in [-0.2, 0) is 0 Å². The molecule has 4 fully saturated rings. The molecule has 0 heteroatoms. The molecule has 85 valence electrons. The van der Waals surface area contributed by atoms with Gasteiger partial charge in [-0.25, -0.2) is 0 Å². The lowest BCUT2D eigenvalue weighted by molar-refractivity contribution is -0.0648. The maximum atomic E-state index is 2.44. The SMILES string of the molecule is CCCC12C[C]3CC(CC(CC)(C3)C1)C2. The Bertz CT molecular complexity index is 239. The zero-order chi connectivity index (χ0) is 10.5. The van der Waals surface area contributed by atoms with Crippen LogP contribution in [0.15, 0.2) is 0 Å². The number of rotatable bonds is 3. The van der Waals surface area contributed by atoms with Crippen LogP contribution in [0.2, 0.25) is 0 Å². The summed E-state index contributed by atoms with van der Waals surface area (Å²) >= 11 is 0. The third-order valence-electron chi connectivity index (χ3n) is 5.55. The van der Waals surface area contributed by atoms with E-state index in [1.807, 2.05) is 5.92 Å². The second kappa shape index (κ2) is 3.25. The highest BCUT2D eigenvalue weighted by Crippen LogP contribution is 2.68. The fourth-order valence-electron chi connectivity index (χ4n) is 5.53. The highest BCUT2D eigenvalue weighted by Gasteiger charge is 2.56. The Hall–Kier alpha value is 0. The van der Waals surface area contributed by atoms with Crippen molar-refractivity contribution < 1.29 is 0 Å². The van der Waals surface area contributed by atoms with Gasteiger partial charge >= 0.3 is 0 Å². The van der Waals surface area contributed by atoms with Gasteiger partial charge in [-0.05, 0) is 67.6 Å². The molecule has 0 amide bonds. The van der Waals surface area contributed by atoms with E-state index >= 15 is 0 Å². The lowest BCUT2D eigenvalue weighted by Crippen LogP contribution is -2.50. The molecule has 0 spiro atoms. The quantitative estimate of drug-likeness (QED) is 0.624. The second-order valence-electron chi connectivity index (χ2n) is 6.86. The van der Waals surface area contributed by atoms with E-state index in [-0.39, 0.29) is 0 Å². The molecule has 0 aliphatic heterocycles. The van der Waals surface area contributed by atoms with E-state index in [1.165, 1.54) is 38.5 Å². The first-order valence-corrected chi connectivity index (χ1v) is 7.03. The summed E-state index contributed by atoms with van der Waals surface area (Å²) in [6.45, 7) is 4.81. The smallest absolute Gasteiger partial charge is 0.0227 e. The molecule has 4 aliphatic carbocycles. The van der Waals surface area contributed by atoms with E-state index in [4.69, 9.17) is 0 Å². The summed E-state index contributed by atoms with van der Waals surface area (Å²) in [5.41, 5.74) is 1.55. The average Bonchev–Trinajstić information content (AvgIpc) is 2.15. The van der Waals surface area contributed by atoms with Crippen LogP contribution in [-0.4, -0.2) is 0 Å². The molecule has 4 rings (SSSR count). The molecule has 1 radical (unpaired) electrons. The highest BCUT2D eigenvalue weighted by atomic mass is 14.6. The summed E-state index contributed by atoms with van der Waals surface area (Å²) < 4.78 is 0. The molecule has 0 heterocycles. The summed E-state index contributed by atoms with van der Waals surface area (Å²) in [4.78, 5) is 0. The Morgan fingerprint density at radius 2 is 1.87 bits per heavy atom. The molecule has 0 aromatic heterocycles. The highest BCUT2D eigenvalue weighted by molar-refractivity contribution is 5.17. The Balaban J connectivity index is 1.88. The maximum absolute atomic E-state index is 2.44. The van der Waals surface area contributed by atoms with Gasteiger partial charge < -0.3 is 0 Å². The van der Waals surface area contributed by atoms with Gasteiger partial charge in [0, 0.05) is 0 Å². The number of hydrogen-bond acceptors (Lipinski definition) is 0. The summed E-state index contributed by atoms with van der Waals surface area (Å²) in [7, 11) is 0. The Labute approximate surface area is 94.8 Å². The van der Waals surface area contributed by atoms with E-state index in [0.29, 0.717) is 0 Å². The lowest BCUT2D eigenvalue weighted by Gasteiger charge is -2.62. The van der Waals surface area contributed by atoms with E-state index in [9.17, 15) is 0 Å². The van der Waals surface area contributed by atoms with Gasteiger partial charge in [0.1, 0.15) is 0 Å². The fourth-order valence-corrected chi connectivity index (χ4v) is 5.53. The Morgan fingerprint density at radius 3 is 2.53 bits per heavy atom. The topological polar surface area (TPSA) is 0 Å². The molecular formula is C15H25. The lowest BCUT2D eigenvalue weighted by atomic mass is 9.43. The van der Waals surface area contributed by atoms with Gasteiger partial charge in [0.15, 0.2) is 0 Å². The van der Waals surface area contributed by atoms with E-state index in [1.54, 1.807) is 19.3 Å². The van der Waals surface area contributed by atoms with Gasteiger partial charge in [0.05, 0.1) is 0 Å². The normalized spacial score (nSPS) is 48.8. The molecule has 0 saturated heterocycles.